The summed E-state index contributed by atoms with van der Waals surface area (Å²) in [5.41, 5.74) is 0. The predicted molar refractivity (Wildman–Crippen MR) is 114 cm³/mol. The molecule has 4 saturated heterocycles. The summed E-state index contributed by atoms with van der Waals surface area (Å²) in [6, 6.07) is 0. The van der Waals surface area contributed by atoms with E-state index in [1.54, 1.807) is 0 Å². The van der Waals surface area contributed by atoms with Crippen molar-refractivity contribution in [3.8, 4) is 0 Å². The molecule has 9 heteroatoms. The molecule has 0 aliphatic carbocycles. The maximum absolute atomic E-state index is 4.85. The van der Waals surface area contributed by atoms with Gasteiger partial charge < -0.3 is 50.5 Å². The normalized spacial score (nSPS) is 24.6. The first-order chi connectivity index (χ1) is 9.58. The predicted octanol–water partition coefficient (Wildman–Crippen LogP) is 2.59. The van der Waals surface area contributed by atoms with E-state index in [9.17, 15) is 0 Å². The smallest absolute Gasteiger partial charge is 0.788 e. The molecule has 0 aromatic heterocycles. The Balaban J connectivity index is 0.000000250. The molecule has 120 valence electrons. The summed E-state index contributed by atoms with van der Waals surface area (Å²) in [4.78, 5) is 0. The van der Waals surface area contributed by atoms with E-state index in [1.807, 2.05) is 47.0 Å². The van der Waals surface area contributed by atoms with Gasteiger partial charge in [0.05, 0.1) is 0 Å². The topological polar surface area (TPSA) is 0 Å². The van der Waals surface area contributed by atoms with Gasteiger partial charge in [0, 0.05) is 0 Å². The van der Waals surface area contributed by atoms with E-state index in [2.05, 4.69) is 0 Å². The summed E-state index contributed by atoms with van der Waals surface area (Å²) in [6.45, 7) is 0. The Labute approximate surface area is 188 Å². The molecule has 0 N–H and O–H groups in total. The van der Waals surface area contributed by atoms with E-state index in [0.29, 0.717) is 21.0 Å². The van der Waals surface area contributed by atoms with Crippen LogP contribution in [0, 0.1) is 0 Å². The van der Waals surface area contributed by atoms with Crippen LogP contribution in [0.25, 0.3) is 0 Å². The van der Waals surface area contributed by atoms with Crippen LogP contribution >= 0.6 is 47.0 Å². The van der Waals surface area contributed by atoms with Gasteiger partial charge in [-0.1, -0.05) is 0 Å². The zero-order chi connectivity index (χ0) is 14.8. The molecule has 0 aromatic rings. The molecule has 0 radical (unpaired) electrons. The molecule has 4 aliphatic rings. The molecule has 21 heavy (non-hydrogen) atoms. The molecule has 4 fully saturated rings. The van der Waals surface area contributed by atoms with E-state index in [0.717, 1.165) is 0 Å². The summed E-state index contributed by atoms with van der Waals surface area (Å²) in [5.74, 6) is 9.74. The van der Waals surface area contributed by atoms with Crippen LogP contribution in [0.15, 0.2) is 0 Å². The number of thioether (sulfide) groups is 4. The monoisotopic (exact) mass is 510 g/mol. The molecule has 0 spiro atoms. The zero-order valence-corrected chi connectivity index (χ0v) is 20.7. The van der Waals surface area contributed by atoms with Crippen LogP contribution in [0.2, 0.25) is 0 Å². The Morgan fingerprint density at radius 2 is 0.524 bits per heavy atom. The number of rotatable bonds is 0. The molecular formula is C12H20S8Zr. The molecule has 0 unspecified atom stereocenters. The Bertz CT molecular complexity index is 181. The summed E-state index contributed by atoms with van der Waals surface area (Å²) in [7, 11) is 0. The first-order valence-corrected chi connectivity index (χ1v) is 13.0. The van der Waals surface area contributed by atoms with Crippen molar-refractivity contribution in [2.24, 2.45) is 0 Å². The summed E-state index contributed by atoms with van der Waals surface area (Å²) in [6.07, 6.45) is 0. The summed E-state index contributed by atoms with van der Waals surface area (Å²) in [5, 5.41) is 2.44. The van der Waals surface area contributed by atoms with Crippen LogP contribution in [0.5, 0.6) is 0 Å². The molecule has 0 saturated carbocycles. The van der Waals surface area contributed by atoms with Gasteiger partial charge in [-0.25, -0.2) is 0 Å². The van der Waals surface area contributed by atoms with Crippen molar-refractivity contribution < 1.29 is 26.2 Å². The summed E-state index contributed by atoms with van der Waals surface area (Å²) >= 11 is 27.1. The van der Waals surface area contributed by atoms with Crippen LogP contribution in [-0.4, -0.2) is 67.0 Å². The number of hydrogen-bond donors (Lipinski definition) is 0. The maximum Gasteiger partial charge on any atom is 4.00 e. The van der Waals surface area contributed by atoms with Crippen LogP contribution in [0.3, 0.4) is 0 Å². The fourth-order valence-corrected chi connectivity index (χ4v) is 4.88. The van der Waals surface area contributed by atoms with Gasteiger partial charge in [0.2, 0.25) is 0 Å². The molecule has 0 nitrogen and oxygen atoms in total. The minimum absolute atomic E-state index is 0. The Morgan fingerprint density at radius 1 is 0.429 bits per heavy atom. The van der Waals surface area contributed by atoms with Crippen LogP contribution in [-0.2, 0) is 76.7 Å². The van der Waals surface area contributed by atoms with E-state index in [-0.39, 0.29) is 26.2 Å². The third-order valence-corrected chi connectivity index (χ3v) is 10.6. The standard InChI is InChI=1S/4C3H6S2.Zr/c4*4-3-1-5-2-3;/h4*3-4H,1-2H2;/q;;;;+4/p-4. The van der Waals surface area contributed by atoms with Crippen molar-refractivity contribution in [3.63, 3.8) is 0 Å². The zero-order valence-electron chi connectivity index (χ0n) is 11.7. The van der Waals surface area contributed by atoms with Gasteiger partial charge in [0.25, 0.3) is 0 Å². The van der Waals surface area contributed by atoms with E-state index < -0.39 is 0 Å². The van der Waals surface area contributed by atoms with Gasteiger partial charge in [-0.2, -0.15) is 47.0 Å². The van der Waals surface area contributed by atoms with Crippen molar-refractivity contribution in [2.75, 3.05) is 46.0 Å². The van der Waals surface area contributed by atoms with Crippen LogP contribution in [0.4, 0.5) is 0 Å². The van der Waals surface area contributed by atoms with E-state index in [4.69, 9.17) is 50.5 Å². The molecule has 4 aliphatic heterocycles. The third-order valence-electron chi connectivity index (χ3n) is 2.43. The average molecular weight is 512 g/mol. The Hall–Kier alpha value is 3.68. The largest absolute Gasteiger partial charge is 4.00 e. The second-order valence-corrected chi connectivity index (χ2v) is 11.6. The van der Waals surface area contributed by atoms with Crippen LogP contribution < -0.4 is 0 Å². The van der Waals surface area contributed by atoms with E-state index in [1.165, 1.54) is 46.0 Å². The second-order valence-electron chi connectivity index (χ2n) is 4.64. The van der Waals surface area contributed by atoms with Crippen molar-refractivity contribution in [2.45, 2.75) is 21.0 Å². The maximum atomic E-state index is 4.85. The summed E-state index contributed by atoms with van der Waals surface area (Å²) < 4.78 is 0. The molecule has 4 heterocycles. The van der Waals surface area contributed by atoms with Crippen molar-refractivity contribution in [1.82, 2.24) is 0 Å². The minimum Gasteiger partial charge on any atom is -0.788 e. The van der Waals surface area contributed by atoms with Crippen molar-refractivity contribution in [1.29, 1.82) is 0 Å². The quantitative estimate of drug-likeness (QED) is 0.449. The van der Waals surface area contributed by atoms with E-state index >= 15 is 0 Å². The number of hydrogen-bond acceptors (Lipinski definition) is 8. The third kappa shape index (κ3) is 14.5. The molecule has 0 amide bonds. The van der Waals surface area contributed by atoms with Gasteiger partial charge in [0.1, 0.15) is 0 Å². The van der Waals surface area contributed by atoms with Gasteiger partial charge in [-0.05, 0) is 46.0 Å². The Kier molecular flexibility index (Phi) is 18.7. The molecule has 0 bridgehead atoms. The molecular weight excluding hydrogens is 492 g/mol. The fraction of sp³-hybridized carbons (Fsp3) is 1.00. The van der Waals surface area contributed by atoms with Crippen molar-refractivity contribution >= 4 is 97.6 Å². The van der Waals surface area contributed by atoms with Crippen LogP contribution in [0.1, 0.15) is 0 Å². The van der Waals surface area contributed by atoms with Crippen molar-refractivity contribution in [3.05, 3.63) is 0 Å². The van der Waals surface area contributed by atoms with Gasteiger partial charge >= 0.3 is 26.2 Å². The Morgan fingerprint density at radius 3 is 0.524 bits per heavy atom. The molecule has 0 aromatic carbocycles. The van der Waals surface area contributed by atoms with Gasteiger partial charge in [0.15, 0.2) is 0 Å². The minimum atomic E-state index is 0. The molecule has 4 rings (SSSR count). The second kappa shape index (κ2) is 15.9. The first kappa shape index (κ1) is 24.7. The first-order valence-electron chi connectivity index (χ1n) is 6.52. The average Bonchev–Trinajstić information content (AvgIpc) is 2.31. The SMILES string of the molecule is [S-]C1CSC1.[S-]C1CSC1.[S-]C1CSC1.[S-]C1CSC1.[Zr+4]. The molecule has 0 atom stereocenters. The van der Waals surface area contributed by atoms with Gasteiger partial charge in [-0.15, -0.1) is 21.0 Å². The fourth-order valence-electron chi connectivity index (χ4n) is 0.856. The van der Waals surface area contributed by atoms with Gasteiger partial charge in [-0.3, -0.25) is 0 Å².